The highest BCUT2D eigenvalue weighted by atomic mass is 79.9. The van der Waals surface area contributed by atoms with Crippen molar-refractivity contribution in [2.24, 2.45) is 0 Å². The molecule has 6 nitrogen and oxygen atoms in total. The van der Waals surface area contributed by atoms with Gasteiger partial charge in [-0.3, -0.25) is 0 Å². The lowest BCUT2D eigenvalue weighted by molar-refractivity contribution is -0.212. The molecule has 1 saturated heterocycles. The van der Waals surface area contributed by atoms with Gasteiger partial charge in [0.1, 0.15) is 6.10 Å². The van der Waals surface area contributed by atoms with Gasteiger partial charge in [-0.25, -0.2) is 0 Å². The van der Waals surface area contributed by atoms with Crippen molar-refractivity contribution in [1.29, 1.82) is 0 Å². The molecule has 0 aromatic carbocycles. The maximum absolute atomic E-state index is 10.6. The number of hydrogen-bond acceptors (Lipinski definition) is 6. The topological polar surface area (TPSA) is 77.1 Å². The molecular formula is C24H46BrO6P. The van der Waals surface area contributed by atoms with Gasteiger partial charge >= 0.3 is 8.25 Å². The number of ether oxygens (including phenoxy) is 3. The number of unbranched alkanes of at least 4 members (excludes halogenated alkanes) is 14. The van der Waals surface area contributed by atoms with E-state index in [4.69, 9.17) is 14.2 Å². The minimum atomic E-state index is -2.93. The molecule has 0 aromatic rings. The predicted octanol–water partition coefficient (Wildman–Crippen LogP) is 6.80. The lowest BCUT2D eigenvalue weighted by atomic mass is 10.0. The summed E-state index contributed by atoms with van der Waals surface area (Å²) in [6.07, 6.45) is 20.8. The van der Waals surface area contributed by atoms with Crippen molar-refractivity contribution >= 4 is 24.2 Å². The molecule has 0 N–H and O–H groups in total. The van der Waals surface area contributed by atoms with Crippen LogP contribution in [-0.4, -0.2) is 43.6 Å². The fraction of sp³-hybridized carbons (Fsp3) is 1.00. The molecule has 0 saturated carbocycles. The van der Waals surface area contributed by atoms with E-state index in [1.807, 2.05) is 0 Å². The molecule has 32 heavy (non-hydrogen) atoms. The highest BCUT2D eigenvalue weighted by Crippen LogP contribution is 2.19. The lowest BCUT2D eigenvalue weighted by Gasteiger charge is -2.29. The number of hydrogen-bond donors (Lipinski definition) is 0. The summed E-state index contributed by atoms with van der Waals surface area (Å²) in [5.74, 6) is 0. The van der Waals surface area contributed by atoms with Gasteiger partial charge in [0.15, 0.2) is 0 Å². The first-order chi connectivity index (χ1) is 15.7. The van der Waals surface area contributed by atoms with Crippen LogP contribution < -0.4 is 4.89 Å². The van der Waals surface area contributed by atoms with Crippen molar-refractivity contribution in [3.8, 4) is 0 Å². The Kier molecular flexibility index (Phi) is 20.8. The van der Waals surface area contributed by atoms with Crippen LogP contribution in [0.1, 0.15) is 110 Å². The minimum Gasteiger partial charge on any atom is -0.566 e. The molecule has 1 aliphatic rings. The van der Waals surface area contributed by atoms with Crippen LogP contribution in [0.2, 0.25) is 0 Å². The Bertz CT molecular complexity index is 435. The van der Waals surface area contributed by atoms with E-state index in [1.165, 1.54) is 96.3 Å². The second-order valence-electron chi connectivity index (χ2n) is 8.90. The Labute approximate surface area is 205 Å². The van der Waals surface area contributed by atoms with E-state index >= 15 is 0 Å². The second-order valence-corrected chi connectivity index (χ2v) is 10.2. The Morgan fingerprint density at radius 1 is 0.844 bits per heavy atom. The molecule has 0 amide bonds. The summed E-state index contributed by atoms with van der Waals surface area (Å²) in [6.45, 7) is 3.58. The highest BCUT2D eigenvalue weighted by molar-refractivity contribution is 9.09. The Hall–Kier alpha value is 0.380. The standard InChI is InChI=1S/C24H46BrO6P/c1-2-3-4-5-6-7-8-9-10-11-12-13-14-15-16-17-22-19-29-23(20-28-22)21-30-24(18-25)31-32(26)27/h22-24H,2-21H2,1H3. The smallest absolute Gasteiger partial charge is 0.491 e. The van der Waals surface area contributed by atoms with Crippen LogP contribution in [0.5, 0.6) is 0 Å². The summed E-state index contributed by atoms with van der Waals surface area (Å²) in [5.41, 5.74) is 0. The van der Waals surface area contributed by atoms with Crippen LogP contribution in [0, 0.1) is 0 Å². The summed E-state index contributed by atoms with van der Waals surface area (Å²) < 4.78 is 32.3. The van der Waals surface area contributed by atoms with Gasteiger partial charge in [0.25, 0.3) is 0 Å². The summed E-state index contributed by atoms with van der Waals surface area (Å²) in [7, 11) is -2.93. The second kappa shape index (κ2) is 21.9. The molecular weight excluding hydrogens is 495 g/mol. The number of halogens is 1. The maximum atomic E-state index is 10.6. The average Bonchev–Trinajstić information content (AvgIpc) is 2.79. The van der Waals surface area contributed by atoms with E-state index in [0.29, 0.717) is 13.2 Å². The van der Waals surface area contributed by atoms with Crippen LogP contribution in [0.3, 0.4) is 0 Å². The SMILES string of the molecule is CCCCCCCCCCCCCCCCCC1COC(COC(CBr)O[P+](=O)[O-])CO1. The summed E-state index contributed by atoms with van der Waals surface area (Å²) in [5, 5.41) is 0.283. The van der Waals surface area contributed by atoms with Crippen molar-refractivity contribution in [1.82, 2.24) is 0 Å². The van der Waals surface area contributed by atoms with Gasteiger partial charge in [-0.2, -0.15) is 0 Å². The molecule has 1 aliphatic heterocycles. The quantitative estimate of drug-likeness (QED) is 0.0649. The monoisotopic (exact) mass is 540 g/mol. The van der Waals surface area contributed by atoms with Crippen LogP contribution in [0.4, 0.5) is 0 Å². The molecule has 0 bridgehead atoms. The number of alkyl halides is 1. The maximum Gasteiger partial charge on any atom is 0.491 e. The average molecular weight is 542 g/mol. The molecule has 4 unspecified atom stereocenters. The zero-order chi connectivity index (χ0) is 23.3. The summed E-state index contributed by atoms with van der Waals surface area (Å²) >= 11 is 3.17. The normalized spacial score (nSPS) is 20.4. The highest BCUT2D eigenvalue weighted by Gasteiger charge is 2.24. The first-order valence-corrected chi connectivity index (χ1v) is 15.1. The zero-order valence-corrected chi connectivity index (χ0v) is 22.6. The largest absolute Gasteiger partial charge is 0.566 e. The molecule has 0 aromatic heterocycles. The number of rotatable bonds is 22. The molecule has 0 spiro atoms. The van der Waals surface area contributed by atoms with Crippen LogP contribution in [0.25, 0.3) is 0 Å². The zero-order valence-electron chi connectivity index (χ0n) is 20.1. The van der Waals surface area contributed by atoms with E-state index in [2.05, 4.69) is 27.4 Å². The molecule has 0 aliphatic carbocycles. The van der Waals surface area contributed by atoms with Gasteiger partial charge in [0.05, 0.1) is 31.3 Å². The van der Waals surface area contributed by atoms with Crippen molar-refractivity contribution in [2.75, 3.05) is 25.2 Å². The molecule has 1 rings (SSSR count). The fourth-order valence-electron chi connectivity index (χ4n) is 4.00. The van der Waals surface area contributed by atoms with Crippen LogP contribution in [-0.2, 0) is 23.3 Å². The first-order valence-electron chi connectivity index (χ1n) is 12.9. The van der Waals surface area contributed by atoms with E-state index in [-0.39, 0.29) is 24.1 Å². The molecule has 190 valence electrons. The Balaban J connectivity index is 1.84. The van der Waals surface area contributed by atoms with E-state index in [0.717, 1.165) is 6.42 Å². The van der Waals surface area contributed by atoms with Crippen molar-refractivity contribution in [3.63, 3.8) is 0 Å². The van der Waals surface area contributed by atoms with Gasteiger partial charge in [0, 0.05) is 0 Å². The van der Waals surface area contributed by atoms with Gasteiger partial charge in [-0.1, -0.05) is 119 Å². The predicted molar refractivity (Wildman–Crippen MR) is 131 cm³/mol. The van der Waals surface area contributed by atoms with Crippen LogP contribution in [0.15, 0.2) is 0 Å². The third kappa shape index (κ3) is 17.8. The van der Waals surface area contributed by atoms with Crippen molar-refractivity contribution < 1.29 is 28.2 Å². The van der Waals surface area contributed by atoms with Gasteiger partial charge in [-0.05, 0) is 11.0 Å². The van der Waals surface area contributed by atoms with Crippen molar-refractivity contribution in [3.05, 3.63) is 0 Å². The van der Waals surface area contributed by atoms with E-state index in [9.17, 15) is 9.46 Å². The Morgan fingerprint density at radius 2 is 1.31 bits per heavy atom. The molecule has 8 heteroatoms. The van der Waals surface area contributed by atoms with Crippen LogP contribution >= 0.6 is 24.2 Å². The van der Waals surface area contributed by atoms with E-state index in [1.54, 1.807) is 0 Å². The van der Waals surface area contributed by atoms with Crippen molar-refractivity contribution in [2.45, 2.75) is 128 Å². The minimum absolute atomic E-state index is 0.160. The third-order valence-electron chi connectivity index (χ3n) is 5.96. The third-order valence-corrected chi connectivity index (χ3v) is 6.90. The summed E-state index contributed by atoms with van der Waals surface area (Å²) in [4.78, 5) is 10.6. The van der Waals surface area contributed by atoms with Gasteiger partial charge in [0.2, 0.25) is 6.29 Å². The Morgan fingerprint density at radius 3 is 1.75 bits per heavy atom. The molecule has 0 radical (unpaired) electrons. The van der Waals surface area contributed by atoms with E-state index < -0.39 is 14.5 Å². The first kappa shape index (κ1) is 30.4. The molecule has 1 heterocycles. The fourth-order valence-corrected chi connectivity index (χ4v) is 4.85. The van der Waals surface area contributed by atoms with Gasteiger partial charge < -0.3 is 19.1 Å². The molecule has 1 fully saturated rings. The molecule has 4 atom stereocenters. The summed E-state index contributed by atoms with van der Waals surface area (Å²) in [6, 6.07) is 0. The van der Waals surface area contributed by atoms with Gasteiger partial charge in [-0.15, -0.1) is 4.52 Å². The lowest BCUT2D eigenvalue weighted by Crippen LogP contribution is -2.39.